The molecule has 0 unspecified atom stereocenters. The highest BCUT2D eigenvalue weighted by Crippen LogP contribution is 2.29. The molecule has 8 nitrogen and oxygen atoms in total. The fourth-order valence-corrected chi connectivity index (χ4v) is 3.06. The summed E-state index contributed by atoms with van der Waals surface area (Å²) in [5.74, 6) is 1.78. The first-order valence-corrected chi connectivity index (χ1v) is 8.78. The third-order valence-corrected chi connectivity index (χ3v) is 4.50. The molecule has 0 bridgehead atoms. The standard InChI is InChI=1S/C20H23N3O5/c1-26-15-6-4-14(5-7-15)23-12-13(10-19(23)24)21-20(25)22-17-9-8-16(27-2)11-18(17)28-3/h4-9,11,13H,10,12H2,1-3H3,(H2,21,22,25)/t13-/m0/s1. The zero-order valence-corrected chi connectivity index (χ0v) is 16.0. The molecule has 3 rings (SSSR count). The minimum atomic E-state index is -0.405. The number of anilines is 2. The maximum atomic E-state index is 12.4. The largest absolute Gasteiger partial charge is 0.497 e. The molecule has 8 heteroatoms. The van der Waals surface area contributed by atoms with Gasteiger partial charge in [-0.15, -0.1) is 0 Å². The second kappa shape index (κ2) is 8.51. The number of urea groups is 1. The van der Waals surface area contributed by atoms with E-state index in [9.17, 15) is 9.59 Å². The summed E-state index contributed by atoms with van der Waals surface area (Å²) in [5.41, 5.74) is 1.28. The zero-order chi connectivity index (χ0) is 20.1. The number of amides is 3. The summed E-state index contributed by atoms with van der Waals surface area (Å²) in [6.45, 7) is 0.401. The number of rotatable bonds is 6. The number of hydrogen-bond acceptors (Lipinski definition) is 5. The summed E-state index contributed by atoms with van der Waals surface area (Å²) >= 11 is 0. The number of carbonyl (C=O) groups excluding carboxylic acids is 2. The van der Waals surface area contributed by atoms with Crippen LogP contribution in [0.4, 0.5) is 16.2 Å². The molecule has 1 heterocycles. The lowest BCUT2D eigenvalue weighted by Crippen LogP contribution is -2.39. The van der Waals surface area contributed by atoms with Crippen LogP contribution in [0.25, 0.3) is 0 Å². The molecular formula is C20H23N3O5. The van der Waals surface area contributed by atoms with Crippen LogP contribution in [0.3, 0.4) is 0 Å². The van der Waals surface area contributed by atoms with Crippen molar-refractivity contribution in [3.63, 3.8) is 0 Å². The summed E-state index contributed by atoms with van der Waals surface area (Å²) in [6.07, 6.45) is 0.235. The van der Waals surface area contributed by atoms with Crippen molar-refractivity contribution in [2.45, 2.75) is 12.5 Å². The van der Waals surface area contributed by atoms with E-state index < -0.39 is 6.03 Å². The van der Waals surface area contributed by atoms with Gasteiger partial charge in [0.25, 0.3) is 0 Å². The minimum Gasteiger partial charge on any atom is -0.497 e. The highest BCUT2D eigenvalue weighted by atomic mass is 16.5. The lowest BCUT2D eigenvalue weighted by atomic mass is 10.2. The molecule has 1 atom stereocenters. The highest BCUT2D eigenvalue weighted by molar-refractivity contribution is 5.98. The first kappa shape index (κ1) is 19.3. The molecule has 1 fully saturated rings. The number of methoxy groups -OCH3 is 3. The average molecular weight is 385 g/mol. The van der Waals surface area contributed by atoms with Gasteiger partial charge >= 0.3 is 6.03 Å². The van der Waals surface area contributed by atoms with E-state index in [2.05, 4.69) is 10.6 Å². The second-order valence-corrected chi connectivity index (χ2v) is 6.27. The normalized spacial score (nSPS) is 15.9. The monoisotopic (exact) mass is 385 g/mol. The molecule has 0 radical (unpaired) electrons. The number of ether oxygens (including phenoxy) is 3. The zero-order valence-electron chi connectivity index (χ0n) is 16.0. The average Bonchev–Trinajstić information content (AvgIpc) is 3.08. The maximum absolute atomic E-state index is 12.4. The van der Waals surface area contributed by atoms with Crippen LogP contribution in [0.5, 0.6) is 17.2 Å². The molecule has 148 valence electrons. The molecule has 1 aliphatic heterocycles. The Labute approximate surface area is 163 Å². The van der Waals surface area contributed by atoms with E-state index in [1.807, 2.05) is 12.1 Å². The topological polar surface area (TPSA) is 89.1 Å². The molecule has 0 saturated carbocycles. The smallest absolute Gasteiger partial charge is 0.319 e. The van der Waals surface area contributed by atoms with Gasteiger partial charge in [0, 0.05) is 24.7 Å². The van der Waals surface area contributed by atoms with Crippen LogP contribution < -0.4 is 29.7 Å². The Morgan fingerprint density at radius 1 is 1.00 bits per heavy atom. The van der Waals surface area contributed by atoms with E-state index in [1.54, 1.807) is 49.5 Å². The molecule has 2 aromatic rings. The van der Waals surface area contributed by atoms with Crippen LogP contribution in [0.1, 0.15) is 6.42 Å². The van der Waals surface area contributed by atoms with Gasteiger partial charge in [-0.3, -0.25) is 4.79 Å². The molecule has 2 aromatic carbocycles. The van der Waals surface area contributed by atoms with Crippen molar-refractivity contribution in [1.29, 1.82) is 0 Å². The SMILES string of the molecule is COc1ccc(N2C[C@@H](NC(=O)Nc3ccc(OC)cc3OC)CC2=O)cc1. The van der Waals surface area contributed by atoms with Crippen LogP contribution in [-0.2, 0) is 4.79 Å². The van der Waals surface area contributed by atoms with E-state index in [-0.39, 0.29) is 18.4 Å². The van der Waals surface area contributed by atoms with Crippen molar-refractivity contribution in [2.75, 3.05) is 38.1 Å². The van der Waals surface area contributed by atoms with E-state index >= 15 is 0 Å². The number of nitrogens with zero attached hydrogens (tertiary/aromatic N) is 1. The lowest BCUT2D eigenvalue weighted by molar-refractivity contribution is -0.117. The summed E-state index contributed by atoms with van der Waals surface area (Å²) in [5, 5.41) is 5.58. The van der Waals surface area contributed by atoms with Gasteiger partial charge in [-0.05, 0) is 36.4 Å². The van der Waals surface area contributed by atoms with Crippen molar-refractivity contribution >= 4 is 23.3 Å². The maximum Gasteiger partial charge on any atom is 0.319 e. The molecule has 1 aliphatic rings. The molecule has 0 aliphatic carbocycles. The summed E-state index contributed by atoms with van der Waals surface area (Å²) in [4.78, 5) is 26.4. The van der Waals surface area contributed by atoms with Gasteiger partial charge in [0.05, 0.1) is 33.1 Å². The third-order valence-electron chi connectivity index (χ3n) is 4.50. The molecule has 0 spiro atoms. The Bertz CT molecular complexity index is 853. The van der Waals surface area contributed by atoms with Crippen molar-refractivity contribution in [1.82, 2.24) is 5.32 Å². The Morgan fingerprint density at radius 2 is 1.68 bits per heavy atom. The van der Waals surface area contributed by atoms with Gasteiger partial charge < -0.3 is 29.7 Å². The second-order valence-electron chi connectivity index (χ2n) is 6.27. The minimum absolute atomic E-state index is 0.0440. The fourth-order valence-electron chi connectivity index (χ4n) is 3.06. The van der Waals surface area contributed by atoms with Crippen molar-refractivity contribution < 1.29 is 23.8 Å². The van der Waals surface area contributed by atoms with E-state index in [1.165, 1.54) is 7.11 Å². The van der Waals surface area contributed by atoms with Crippen LogP contribution >= 0.6 is 0 Å². The van der Waals surface area contributed by atoms with Gasteiger partial charge in [-0.2, -0.15) is 0 Å². The lowest BCUT2D eigenvalue weighted by Gasteiger charge is -2.18. The van der Waals surface area contributed by atoms with Gasteiger partial charge in [-0.25, -0.2) is 4.79 Å². The summed E-state index contributed by atoms with van der Waals surface area (Å²) < 4.78 is 15.6. The fraction of sp³-hybridized carbons (Fsp3) is 0.300. The molecule has 0 aromatic heterocycles. The first-order valence-electron chi connectivity index (χ1n) is 8.78. The molecule has 2 N–H and O–H groups in total. The van der Waals surface area contributed by atoms with Crippen LogP contribution in [0, 0.1) is 0 Å². The number of carbonyl (C=O) groups is 2. The Hall–Kier alpha value is -3.42. The van der Waals surface area contributed by atoms with Gasteiger partial charge in [0.15, 0.2) is 0 Å². The quantitative estimate of drug-likeness (QED) is 0.798. The third kappa shape index (κ3) is 4.28. The first-order chi connectivity index (χ1) is 13.5. The van der Waals surface area contributed by atoms with Crippen LogP contribution in [0.2, 0.25) is 0 Å². The van der Waals surface area contributed by atoms with Gasteiger partial charge in [0.2, 0.25) is 5.91 Å². The molecular weight excluding hydrogens is 362 g/mol. The van der Waals surface area contributed by atoms with Crippen molar-refractivity contribution in [3.05, 3.63) is 42.5 Å². The van der Waals surface area contributed by atoms with E-state index in [0.717, 1.165) is 11.4 Å². The summed E-state index contributed by atoms with van der Waals surface area (Å²) in [6, 6.07) is 11.6. The molecule has 28 heavy (non-hydrogen) atoms. The predicted octanol–water partition coefficient (Wildman–Crippen LogP) is 2.64. The summed E-state index contributed by atoms with van der Waals surface area (Å²) in [7, 11) is 4.66. The van der Waals surface area contributed by atoms with E-state index in [0.29, 0.717) is 23.7 Å². The molecule has 3 amide bonds. The Kier molecular flexibility index (Phi) is 5.88. The number of nitrogens with one attached hydrogen (secondary N) is 2. The highest BCUT2D eigenvalue weighted by Gasteiger charge is 2.31. The Balaban J connectivity index is 1.61. The number of benzene rings is 2. The van der Waals surface area contributed by atoms with Crippen LogP contribution in [-0.4, -0.2) is 45.9 Å². The van der Waals surface area contributed by atoms with Crippen molar-refractivity contribution in [3.8, 4) is 17.2 Å². The Morgan fingerprint density at radius 3 is 2.32 bits per heavy atom. The van der Waals surface area contributed by atoms with E-state index in [4.69, 9.17) is 14.2 Å². The molecule has 1 saturated heterocycles. The van der Waals surface area contributed by atoms with Gasteiger partial charge in [-0.1, -0.05) is 0 Å². The predicted molar refractivity (Wildman–Crippen MR) is 105 cm³/mol. The number of hydrogen-bond donors (Lipinski definition) is 2. The van der Waals surface area contributed by atoms with Crippen molar-refractivity contribution in [2.24, 2.45) is 0 Å². The van der Waals surface area contributed by atoms with Crippen LogP contribution in [0.15, 0.2) is 42.5 Å². The van der Waals surface area contributed by atoms with Gasteiger partial charge in [0.1, 0.15) is 17.2 Å².